The van der Waals surface area contributed by atoms with Crippen LogP contribution in [0.15, 0.2) is 66.9 Å². The van der Waals surface area contributed by atoms with Gasteiger partial charge in [-0.05, 0) is 55.3 Å². The summed E-state index contributed by atoms with van der Waals surface area (Å²) in [7, 11) is 1.39. The van der Waals surface area contributed by atoms with Crippen molar-refractivity contribution in [3.63, 3.8) is 0 Å². The van der Waals surface area contributed by atoms with Gasteiger partial charge in [-0.2, -0.15) is 0 Å². The fourth-order valence-corrected chi connectivity index (χ4v) is 4.35. The molecule has 10 nitrogen and oxygen atoms in total. The molecular formula is C29H24ClFKN3O7. The van der Waals surface area contributed by atoms with E-state index in [1.807, 2.05) is 0 Å². The van der Waals surface area contributed by atoms with Crippen molar-refractivity contribution in [3.8, 4) is 23.0 Å². The average Bonchev–Trinajstić information content (AvgIpc) is 3.75. The number of nitrogens with zero attached hydrogens (tertiary/aromatic N) is 1. The molecule has 0 aliphatic heterocycles. The quantitative estimate of drug-likeness (QED) is 0.167. The number of fused-ring (bicyclic) bond motifs is 1. The topological polar surface area (TPSA) is 136 Å². The molecule has 4 aromatic rings. The Morgan fingerprint density at radius 2 is 1.67 bits per heavy atom. The third-order valence-electron chi connectivity index (χ3n) is 6.45. The molecule has 1 fully saturated rings. The molecule has 2 amide bonds. The van der Waals surface area contributed by atoms with E-state index >= 15 is 4.39 Å². The minimum atomic E-state index is -1.25. The molecule has 1 saturated carbocycles. The number of amides is 2. The second-order valence-corrected chi connectivity index (χ2v) is 9.70. The summed E-state index contributed by atoms with van der Waals surface area (Å²) in [5.74, 6) is -2.37. The summed E-state index contributed by atoms with van der Waals surface area (Å²) < 4.78 is 31.5. The van der Waals surface area contributed by atoms with Gasteiger partial charge in [0.15, 0.2) is 29.7 Å². The third kappa shape index (κ3) is 7.02. The molecule has 0 spiro atoms. The number of hydrogen-bond donors (Lipinski definition) is 3. The van der Waals surface area contributed by atoms with Crippen LogP contribution in [0.3, 0.4) is 0 Å². The van der Waals surface area contributed by atoms with Gasteiger partial charge in [0, 0.05) is 40.1 Å². The Labute approximate surface area is 286 Å². The summed E-state index contributed by atoms with van der Waals surface area (Å²) >= 11 is 5.97. The molecule has 1 aliphatic carbocycles. The van der Waals surface area contributed by atoms with E-state index in [2.05, 4.69) is 15.6 Å². The Hall–Kier alpha value is -3.26. The number of halogens is 2. The van der Waals surface area contributed by atoms with Crippen LogP contribution in [0.2, 0.25) is 5.02 Å². The number of aromatic nitrogens is 1. The number of methoxy groups -OCH3 is 1. The van der Waals surface area contributed by atoms with Gasteiger partial charge in [-0.1, -0.05) is 17.7 Å². The van der Waals surface area contributed by atoms with E-state index < -0.39 is 35.6 Å². The van der Waals surface area contributed by atoms with Gasteiger partial charge in [-0.3, -0.25) is 14.6 Å². The minimum absolute atomic E-state index is 0. The van der Waals surface area contributed by atoms with Gasteiger partial charge in [0.1, 0.15) is 11.2 Å². The number of anilines is 2. The second-order valence-electron chi connectivity index (χ2n) is 9.26. The molecule has 0 atom stereocenters. The number of carbonyl (C=O) groups is 3. The number of carboxylic acid groups (broad SMARTS) is 1. The predicted molar refractivity (Wildman–Crippen MR) is 155 cm³/mol. The molecule has 3 N–H and O–H groups in total. The second kappa shape index (κ2) is 13.4. The predicted octanol–water partition coefficient (Wildman–Crippen LogP) is 5.00. The summed E-state index contributed by atoms with van der Waals surface area (Å²) in [5, 5.41) is 15.1. The van der Waals surface area contributed by atoms with Gasteiger partial charge < -0.3 is 30.0 Å². The zero-order valence-electron chi connectivity index (χ0n) is 21.6. The molecule has 1 aliphatic rings. The van der Waals surface area contributed by atoms with Crippen LogP contribution in [-0.4, -0.2) is 93.0 Å². The molecule has 0 unspecified atom stereocenters. The number of carboxylic acids is 1. The summed E-state index contributed by atoms with van der Waals surface area (Å²) in [5.41, 5.74) is -0.225. The first-order valence-electron chi connectivity index (χ1n) is 12.4. The van der Waals surface area contributed by atoms with E-state index in [1.165, 1.54) is 37.6 Å². The number of aliphatic carboxylic acids is 1. The van der Waals surface area contributed by atoms with Crippen LogP contribution in [0.1, 0.15) is 12.8 Å². The Morgan fingerprint density at radius 3 is 2.29 bits per heavy atom. The first-order valence-corrected chi connectivity index (χ1v) is 12.7. The van der Waals surface area contributed by atoms with Crippen LogP contribution in [0.25, 0.3) is 10.9 Å². The van der Waals surface area contributed by atoms with Crippen molar-refractivity contribution in [2.24, 2.45) is 5.41 Å². The maximum atomic E-state index is 15.1. The Kier molecular flexibility index (Phi) is 10.1. The number of benzene rings is 3. The molecule has 0 saturated heterocycles. The molecular weight excluding hydrogens is 596 g/mol. The van der Waals surface area contributed by atoms with Crippen LogP contribution < -0.4 is 24.8 Å². The van der Waals surface area contributed by atoms with Crippen molar-refractivity contribution in [2.75, 3.05) is 24.4 Å². The standard InChI is InChI=1S/C29H23ClFN3O7.K.H/c1-39-24-13-19-21(14-25(24)40-15-26(35)36)32-10-7-22(19)41-23-6-5-18(12-20(23)31)34-28(38)29(8-9-29)27(37)33-17-4-2-3-16(30)11-17;;/h2-7,10-14H,8-9,15H2,1H3,(H,33,37)(H,34,38)(H,35,36);;. The third-order valence-corrected chi connectivity index (χ3v) is 6.68. The van der Waals surface area contributed by atoms with E-state index in [4.69, 9.17) is 30.9 Å². The number of ether oxygens (including phenoxy) is 3. The van der Waals surface area contributed by atoms with Crippen molar-refractivity contribution < 1.29 is 38.1 Å². The summed E-state index contributed by atoms with van der Waals surface area (Å²) in [4.78, 5) is 41.0. The molecule has 5 rings (SSSR count). The van der Waals surface area contributed by atoms with Crippen LogP contribution in [0.4, 0.5) is 15.8 Å². The van der Waals surface area contributed by atoms with E-state index in [1.54, 1.807) is 30.3 Å². The molecule has 13 heteroatoms. The fourth-order valence-electron chi connectivity index (χ4n) is 4.16. The SMILES string of the molecule is COc1cc2c(Oc3ccc(NC(=O)C4(C(=O)Nc5cccc(Cl)c5)CC4)cc3F)ccnc2cc1OCC(=O)O.[KH]. The van der Waals surface area contributed by atoms with Crippen molar-refractivity contribution in [1.29, 1.82) is 0 Å². The van der Waals surface area contributed by atoms with Crippen molar-refractivity contribution in [2.45, 2.75) is 12.8 Å². The molecule has 1 aromatic heterocycles. The first-order chi connectivity index (χ1) is 19.7. The van der Waals surface area contributed by atoms with E-state index in [9.17, 15) is 14.4 Å². The number of nitrogens with one attached hydrogen (secondary N) is 2. The van der Waals surface area contributed by atoms with Crippen molar-refractivity contribution in [3.05, 3.63) is 77.7 Å². The van der Waals surface area contributed by atoms with Gasteiger partial charge in [0.25, 0.3) is 0 Å². The number of carbonyl (C=O) groups excluding carboxylic acids is 2. The molecule has 0 bridgehead atoms. The molecule has 0 radical (unpaired) electrons. The summed E-state index contributed by atoms with van der Waals surface area (Å²) in [6.45, 7) is -0.570. The fraction of sp³-hybridized carbons (Fsp3) is 0.172. The van der Waals surface area contributed by atoms with Crippen molar-refractivity contribution in [1.82, 2.24) is 4.98 Å². The number of rotatable bonds is 10. The zero-order chi connectivity index (χ0) is 29.1. The van der Waals surface area contributed by atoms with E-state index in [0.717, 1.165) is 6.07 Å². The van der Waals surface area contributed by atoms with Crippen LogP contribution in [-0.2, 0) is 14.4 Å². The van der Waals surface area contributed by atoms with Crippen molar-refractivity contribution >= 4 is 103 Å². The van der Waals surface area contributed by atoms with Crippen LogP contribution >= 0.6 is 11.6 Å². The maximum absolute atomic E-state index is 15.1. The summed E-state index contributed by atoms with van der Waals surface area (Å²) in [6, 6.07) is 15.1. The average molecular weight is 620 g/mol. The normalized spacial score (nSPS) is 12.9. The number of hydrogen-bond acceptors (Lipinski definition) is 7. The van der Waals surface area contributed by atoms with Crippen LogP contribution in [0, 0.1) is 11.2 Å². The van der Waals surface area contributed by atoms with Gasteiger partial charge in [-0.15, -0.1) is 0 Å². The molecule has 42 heavy (non-hydrogen) atoms. The molecule has 1 heterocycles. The molecule has 3 aromatic carbocycles. The molecule has 212 valence electrons. The van der Waals surface area contributed by atoms with Crippen LogP contribution in [0.5, 0.6) is 23.0 Å². The van der Waals surface area contributed by atoms with Gasteiger partial charge in [-0.25, -0.2) is 9.18 Å². The van der Waals surface area contributed by atoms with Gasteiger partial charge in [0.05, 0.1) is 12.6 Å². The van der Waals surface area contributed by atoms with E-state index in [0.29, 0.717) is 34.5 Å². The Balaban J connectivity index is 0.00000405. The monoisotopic (exact) mass is 619 g/mol. The Bertz CT molecular complexity index is 1680. The van der Waals surface area contributed by atoms with Gasteiger partial charge >= 0.3 is 57.4 Å². The van der Waals surface area contributed by atoms with E-state index in [-0.39, 0.29) is 80.1 Å². The Morgan fingerprint density at radius 1 is 0.952 bits per heavy atom. The first kappa shape index (κ1) is 31.7. The number of pyridine rings is 1. The zero-order valence-corrected chi connectivity index (χ0v) is 22.3. The van der Waals surface area contributed by atoms with Gasteiger partial charge in [0.2, 0.25) is 11.8 Å². The summed E-state index contributed by atoms with van der Waals surface area (Å²) in [6.07, 6.45) is 2.16.